The van der Waals surface area contributed by atoms with E-state index in [-0.39, 0.29) is 29.0 Å². The molecule has 0 aliphatic carbocycles. The van der Waals surface area contributed by atoms with Crippen molar-refractivity contribution in [3.05, 3.63) is 58.9 Å². The number of carbonyl (C=O) groups excluding carboxylic acids is 1. The van der Waals surface area contributed by atoms with Gasteiger partial charge in [-0.3, -0.25) is 9.69 Å². The summed E-state index contributed by atoms with van der Waals surface area (Å²) in [7, 11) is 1.85. The molecule has 2 unspecified atom stereocenters. The van der Waals surface area contributed by atoms with Gasteiger partial charge in [0.2, 0.25) is 0 Å². The first-order valence-electron chi connectivity index (χ1n) is 11.1. The maximum atomic E-state index is 13.6. The van der Waals surface area contributed by atoms with Crippen molar-refractivity contribution in [3.8, 4) is 0 Å². The molecule has 2 aliphatic rings. The molecule has 5 rings (SSSR count). The molecule has 2 aromatic heterocycles. The lowest BCUT2D eigenvalue weighted by molar-refractivity contribution is -0.138. The average Bonchev–Trinajstić information content (AvgIpc) is 3.54. The molecule has 1 N–H and O–H groups in total. The number of alkyl halides is 3. The van der Waals surface area contributed by atoms with E-state index in [0.717, 1.165) is 18.1 Å². The van der Waals surface area contributed by atoms with Crippen LogP contribution in [0.25, 0.3) is 0 Å². The summed E-state index contributed by atoms with van der Waals surface area (Å²) in [4.78, 5) is 19.1. The maximum absolute atomic E-state index is 13.6. The number of anilines is 2. The minimum atomic E-state index is -4.55. The predicted molar refractivity (Wildman–Crippen MR) is 124 cm³/mol. The van der Waals surface area contributed by atoms with Gasteiger partial charge in [0.15, 0.2) is 5.16 Å². The molecule has 35 heavy (non-hydrogen) atoms. The van der Waals surface area contributed by atoms with Gasteiger partial charge in [-0.2, -0.15) is 13.2 Å². The Kier molecular flexibility index (Phi) is 6.18. The summed E-state index contributed by atoms with van der Waals surface area (Å²) in [6.07, 6.45) is -2.13. The fourth-order valence-corrected chi connectivity index (χ4v) is 5.13. The Labute approximate surface area is 203 Å². The number of hydrogen-bond acceptors (Lipinski definition) is 7. The summed E-state index contributed by atoms with van der Waals surface area (Å²) >= 11 is 1.48. The SMILES string of the molecule is CC(Sc1nncn1C)c1cc(NC2CCOC2)nc(N2Cc3c(cccc3C(F)(F)F)C2=O)c1. The summed E-state index contributed by atoms with van der Waals surface area (Å²) in [5, 5.41) is 12.0. The van der Waals surface area contributed by atoms with Crippen LogP contribution in [-0.2, 0) is 24.5 Å². The normalized spacial score (nSPS) is 18.7. The molecule has 0 saturated carbocycles. The van der Waals surface area contributed by atoms with E-state index in [4.69, 9.17) is 4.74 Å². The molecule has 1 fully saturated rings. The van der Waals surface area contributed by atoms with Crippen LogP contribution in [0.15, 0.2) is 41.8 Å². The smallest absolute Gasteiger partial charge is 0.379 e. The van der Waals surface area contributed by atoms with Crippen LogP contribution in [0.5, 0.6) is 0 Å². The summed E-state index contributed by atoms with van der Waals surface area (Å²) in [5.74, 6) is 0.335. The Balaban J connectivity index is 1.50. The minimum Gasteiger partial charge on any atom is -0.379 e. The fraction of sp³-hybridized carbons (Fsp3) is 0.391. The molecule has 2 atom stereocenters. The van der Waals surface area contributed by atoms with Crippen LogP contribution in [0.3, 0.4) is 0 Å². The van der Waals surface area contributed by atoms with Crippen LogP contribution in [0.2, 0.25) is 0 Å². The highest BCUT2D eigenvalue weighted by molar-refractivity contribution is 7.99. The molecule has 4 heterocycles. The van der Waals surface area contributed by atoms with Crippen LogP contribution in [0.1, 0.15) is 45.6 Å². The van der Waals surface area contributed by atoms with E-state index in [9.17, 15) is 18.0 Å². The van der Waals surface area contributed by atoms with Crippen molar-refractivity contribution >= 4 is 29.3 Å². The third kappa shape index (κ3) is 4.72. The van der Waals surface area contributed by atoms with Gasteiger partial charge in [-0.25, -0.2) is 4.98 Å². The number of nitrogens with zero attached hydrogens (tertiary/aromatic N) is 5. The zero-order valence-corrected chi connectivity index (χ0v) is 19.9. The highest BCUT2D eigenvalue weighted by atomic mass is 32.2. The van der Waals surface area contributed by atoms with Gasteiger partial charge < -0.3 is 14.6 Å². The molecule has 1 amide bonds. The lowest BCUT2D eigenvalue weighted by atomic mass is 10.0. The third-order valence-electron chi connectivity index (χ3n) is 6.09. The van der Waals surface area contributed by atoms with Gasteiger partial charge in [0.25, 0.3) is 5.91 Å². The van der Waals surface area contributed by atoms with Gasteiger partial charge in [-0.15, -0.1) is 10.2 Å². The van der Waals surface area contributed by atoms with E-state index in [2.05, 4.69) is 20.5 Å². The number of fused-ring (bicyclic) bond motifs is 1. The minimum absolute atomic E-state index is 0.0302. The number of thioether (sulfide) groups is 1. The number of ether oxygens (including phenoxy) is 1. The van der Waals surface area contributed by atoms with Crippen molar-refractivity contribution < 1.29 is 22.7 Å². The zero-order valence-electron chi connectivity index (χ0n) is 19.0. The predicted octanol–water partition coefficient (Wildman–Crippen LogP) is 4.44. The molecule has 8 nitrogen and oxygen atoms in total. The number of aryl methyl sites for hydroxylation is 1. The Morgan fingerprint density at radius 2 is 2.11 bits per heavy atom. The van der Waals surface area contributed by atoms with E-state index in [1.807, 2.05) is 20.0 Å². The lowest BCUT2D eigenvalue weighted by Gasteiger charge is -2.21. The van der Waals surface area contributed by atoms with E-state index in [1.165, 1.54) is 28.8 Å². The molecule has 184 valence electrons. The van der Waals surface area contributed by atoms with Crippen LogP contribution < -0.4 is 10.2 Å². The van der Waals surface area contributed by atoms with Crippen molar-refractivity contribution in [2.45, 2.75) is 42.5 Å². The second-order valence-electron chi connectivity index (χ2n) is 8.55. The molecule has 2 aliphatic heterocycles. The summed E-state index contributed by atoms with van der Waals surface area (Å²) in [6.45, 7) is 2.97. The van der Waals surface area contributed by atoms with Crippen molar-refractivity contribution in [2.75, 3.05) is 23.4 Å². The van der Waals surface area contributed by atoms with E-state index >= 15 is 0 Å². The lowest BCUT2D eigenvalue weighted by Crippen LogP contribution is -2.26. The van der Waals surface area contributed by atoms with Gasteiger partial charge in [-0.1, -0.05) is 17.8 Å². The van der Waals surface area contributed by atoms with Crippen molar-refractivity contribution in [1.82, 2.24) is 19.7 Å². The van der Waals surface area contributed by atoms with Gasteiger partial charge in [0.1, 0.15) is 18.0 Å². The van der Waals surface area contributed by atoms with Gasteiger partial charge in [-0.05, 0) is 48.7 Å². The Morgan fingerprint density at radius 3 is 2.80 bits per heavy atom. The van der Waals surface area contributed by atoms with Crippen molar-refractivity contribution in [1.29, 1.82) is 0 Å². The highest BCUT2D eigenvalue weighted by Crippen LogP contribution is 2.40. The van der Waals surface area contributed by atoms with E-state index < -0.39 is 17.6 Å². The van der Waals surface area contributed by atoms with Crippen LogP contribution in [-0.4, -0.2) is 44.9 Å². The van der Waals surface area contributed by atoms with Crippen molar-refractivity contribution in [2.24, 2.45) is 7.05 Å². The van der Waals surface area contributed by atoms with Gasteiger partial charge >= 0.3 is 6.18 Å². The molecular formula is C23H23F3N6O2S. The quantitative estimate of drug-likeness (QED) is 0.497. The van der Waals surface area contributed by atoms with Crippen LogP contribution in [0.4, 0.5) is 24.8 Å². The van der Waals surface area contributed by atoms with Crippen LogP contribution >= 0.6 is 11.8 Å². The number of carbonyl (C=O) groups is 1. The first-order chi connectivity index (χ1) is 16.7. The summed E-state index contributed by atoms with van der Waals surface area (Å²) in [6, 6.07) is 7.41. The molecule has 3 aromatic rings. The Hall–Kier alpha value is -3.12. The molecule has 1 saturated heterocycles. The van der Waals surface area contributed by atoms with Crippen LogP contribution in [0, 0.1) is 0 Å². The first-order valence-corrected chi connectivity index (χ1v) is 12.0. The number of benzene rings is 1. The monoisotopic (exact) mass is 504 g/mol. The van der Waals surface area contributed by atoms with E-state index in [0.29, 0.717) is 30.0 Å². The molecule has 1 aromatic carbocycles. The number of hydrogen-bond donors (Lipinski definition) is 1. The van der Waals surface area contributed by atoms with Gasteiger partial charge in [0, 0.05) is 24.5 Å². The number of rotatable bonds is 6. The number of halogens is 3. The molecule has 12 heteroatoms. The maximum Gasteiger partial charge on any atom is 0.416 e. The third-order valence-corrected chi connectivity index (χ3v) is 7.29. The second kappa shape index (κ2) is 9.15. The molecular weight excluding hydrogens is 481 g/mol. The standard InChI is InChI=1S/C23H23F3N6O2S/c1-13(35-22-30-27-12-31(22)2)14-8-19(28-15-6-7-34-11-15)29-20(9-14)32-10-17-16(21(32)33)4-3-5-18(17)23(24,25)26/h3-5,8-9,12-13,15H,6-7,10-11H2,1-2H3,(H,28,29). The molecule has 0 bridgehead atoms. The number of pyridine rings is 1. The largest absolute Gasteiger partial charge is 0.416 e. The van der Waals surface area contributed by atoms with Gasteiger partial charge in [0.05, 0.1) is 24.8 Å². The Bertz CT molecular complexity index is 1260. The fourth-order valence-electron chi connectivity index (χ4n) is 4.23. The summed E-state index contributed by atoms with van der Waals surface area (Å²) < 4.78 is 48.0. The average molecular weight is 505 g/mol. The molecule has 0 spiro atoms. The van der Waals surface area contributed by atoms with E-state index in [1.54, 1.807) is 17.0 Å². The molecule has 0 radical (unpaired) electrons. The zero-order chi connectivity index (χ0) is 24.7. The second-order valence-corrected chi connectivity index (χ2v) is 9.86. The number of nitrogens with one attached hydrogen (secondary N) is 1. The number of aromatic nitrogens is 4. The first kappa shape index (κ1) is 23.6. The van der Waals surface area contributed by atoms with Crippen molar-refractivity contribution in [3.63, 3.8) is 0 Å². The highest BCUT2D eigenvalue weighted by Gasteiger charge is 2.40. The topological polar surface area (TPSA) is 85.2 Å². The summed E-state index contributed by atoms with van der Waals surface area (Å²) in [5.41, 5.74) is 0.0727. The number of amides is 1. The Morgan fingerprint density at radius 1 is 1.29 bits per heavy atom.